The molecule has 0 aromatic carbocycles. The summed E-state index contributed by atoms with van der Waals surface area (Å²) >= 11 is 0. The highest BCUT2D eigenvalue weighted by molar-refractivity contribution is 5.78. The lowest BCUT2D eigenvalue weighted by Crippen LogP contribution is -2.42. The van der Waals surface area contributed by atoms with E-state index >= 15 is 0 Å². The van der Waals surface area contributed by atoms with Gasteiger partial charge in [0.1, 0.15) is 12.4 Å². The Labute approximate surface area is 151 Å². The second-order valence-electron chi connectivity index (χ2n) is 6.77. The van der Waals surface area contributed by atoms with Gasteiger partial charge in [0, 0.05) is 32.0 Å². The summed E-state index contributed by atoms with van der Waals surface area (Å²) in [6.07, 6.45) is 4.28. The number of methoxy groups -OCH3 is 1. The molecule has 0 bridgehead atoms. The molecule has 2 aromatic rings. The smallest absolute Gasteiger partial charge is 0.248 e. The van der Waals surface area contributed by atoms with Crippen molar-refractivity contribution in [1.82, 2.24) is 14.9 Å². The number of carbonyl (C=O) groups is 1. The Bertz CT molecular complexity index is 780. The fourth-order valence-corrected chi connectivity index (χ4v) is 3.67. The molecular formula is C18H22N4O4. The minimum Gasteiger partial charge on any atom is -0.467 e. The summed E-state index contributed by atoms with van der Waals surface area (Å²) in [5, 5.41) is 3.20. The molecule has 2 aromatic heterocycles. The topological polar surface area (TPSA) is 89.7 Å². The Balaban J connectivity index is 1.55. The molecule has 1 fully saturated rings. The first kappa shape index (κ1) is 17.0. The molecule has 0 aliphatic carbocycles. The van der Waals surface area contributed by atoms with E-state index in [9.17, 15) is 4.79 Å². The average molecular weight is 358 g/mol. The van der Waals surface area contributed by atoms with Crippen molar-refractivity contribution >= 4 is 11.9 Å². The van der Waals surface area contributed by atoms with Crippen LogP contribution < -0.4 is 5.32 Å². The quantitative estimate of drug-likeness (QED) is 0.862. The molecule has 0 unspecified atom stereocenters. The van der Waals surface area contributed by atoms with Gasteiger partial charge in [-0.1, -0.05) is 0 Å². The summed E-state index contributed by atoms with van der Waals surface area (Å²) in [5.74, 6) is 1.38. The van der Waals surface area contributed by atoms with Gasteiger partial charge in [-0.3, -0.25) is 4.79 Å². The Morgan fingerprint density at radius 1 is 1.50 bits per heavy atom. The third kappa shape index (κ3) is 3.17. The van der Waals surface area contributed by atoms with Gasteiger partial charge in [-0.05, 0) is 18.6 Å². The predicted molar refractivity (Wildman–Crippen MR) is 92.5 cm³/mol. The van der Waals surface area contributed by atoms with Crippen molar-refractivity contribution in [1.29, 1.82) is 0 Å². The van der Waals surface area contributed by atoms with Gasteiger partial charge in [-0.15, -0.1) is 0 Å². The maximum Gasteiger partial charge on any atom is 0.248 e. The molecule has 1 atom stereocenters. The van der Waals surface area contributed by atoms with Gasteiger partial charge in [-0.25, -0.2) is 9.97 Å². The first-order valence-electron chi connectivity index (χ1n) is 8.67. The zero-order valence-electron chi connectivity index (χ0n) is 14.7. The van der Waals surface area contributed by atoms with Gasteiger partial charge in [0.15, 0.2) is 0 Å². The van der Waals surface area contributed by atoms with Crippen LogP contribution in [-0.2, 0) is 32.8 Å². The molecule has 1 N–H and O–H groups in total. The van der Waals surface area contributed by atoms with Crippen LogP contribution >= 0.6 is 0 Å². The van der Waals surface area contributed by atoms with Gasteiger partial charge in [0.05, 0.1) is 37.1 Å². The van der Waals surface area contributed by atoms with E-state index in [1.807, 2.05) is 23.2 Å². The van der Waals surface area contributed by atoms with Crippen LogP contribution in [0.5, 0.6) is 0 Å². The molecule has 8 nitrogen and oxygen atoms in total. The molecule has 2 aliphatic heterocycles. The zero-order valence-corrected chi connectivity index (χ0v) is 14.7. The standard InChI is InChI=1S/C18H22N4O4/c1-24-10-15(23)22-5-4-18(11-22)12-25-9-13-7-19-17(21-16(13)18)20-8-14-3-2-6-26-14/h2-3,6-7H,4-5,8-12H2,1H3,(H,19,20,21)/t18-/m1/s1. The highest BCUT2D eigenvalue weighted by Gasteiger charge is 2.46. The lowest BCUT2D eigenvalue weighted by atomic mass is 9.80. The normalized spacial score (nSPS) is 21.8. The highest BCUT2D eigenvalue weighted by Crippen LogP contribution is 2.39. The Morgan fingerprint density at radius 3 is 3.23 bits per heavy atom. The van der Waals surface area contributed by atoms with Crippen LogP contribution in [0.25, 0.3) is 0 Å². The largest absolute Gasteiger partial charge is 0.467 e. The average Bonchev–Trinajstić information content (AvgIpc) is 3.31. The number of ether oxygens (including phenoxy) is 2. The van der Waals surface area contributed by atoms with Crippen molar-refractivity contribution < 1.29 is 18.7 Å². The molecule has 8 heteroatoms. The molecule has 138 valence electrons. The summed E-state index contributed by atoms with van der Waals surface area (Å²) in [6.45, 7) is 2.96. The Morgan fingerprint density at radius 2 is 2.42 bits per heavy atom. The SMILES string of the molecule is COCC(=O)N1CC[C@]2(COCc3cnc(NCc4ccco4)nc32)C1. The molecule has 1 saturated heterocycles. The summed E-state index contributed by atoms with van der Waals surface area (Å²) in [4.78, 5) is 23.2. The van der Waals surface area contributed by atoms with Crippen molar-refractivity contribution in [2.45, 2.75) is 25.0 Å². The Kier molecular flexibility index (Phi) is 4.60. The molecule has 0 saturated carbocycles. The van der Waals surface area contributed by atoms with Crippen molar-refractivity contribution in [2.75, 3.05) is 38.7 Å². The Hall–Kier alpha value is -2.45. The maximum atomic E-state index is 12.2. The van der Waals surface area contributed by atoms with Gasteiger partial charge in [0.2, 0.25) is 11.9 Å². The number of nitrogens with one attached hydrogen (secondary N) is 1. The highest BCUT2D eigenvalue weighted by atomic mass is 16.5. The molecular weight excluding hydrogens is 336 g/mol. The van der Waals surface area contributed by atoms with Gasteiger partial charge < -0.3 is 24.1 Å². The van der Waals surface area contributed by atoms with Crippen LogP contribution in [0, 0.1) is 0 Å². The first-order chi connectivity index (χ1) is 12.7. The number of furan rings is 1. The number of anilines is 1. The van der Waals surface area contributed by atoms with Crippen molar-refractivity contribution in [3.05, 3.63) is 41.6 Å². The number of hydrogen-bond donors (Lipinski definition) is 1. The lowest BCUT2D eigenvalue weighted by molar-refractivity contribution is -0.134. The molecule has 4 rings (SSSR count). The lowest BCUT2D eigenvalue weighted by Gasteiger charge is -2.34. The van der Waals surface area contributed by atoms with Crippen LogP contribution in [0.3, 0.4) is 0 Å². The minimum absolute atomic E-state index is 0.00159. The van der Waals surface area contributed by atoms with E-state index in [1.165, 1.54) is 7.11 Å². The van der Waals surface area contributed by atoms with E-state index in [2.05, 4.69) is 10.3 Å². The number of amides is 1. The third-order valence-electron chi connectivity index (χ3n) is 4.98. The van der Waals surface area contributed by atoms with Crippen molar-refractivity contribution in [3.63, 3.8) is 0 Å². The zero-order chi connectivity index (χ0) is 18.0. The van der Waals surface area contributed by atoms with Gasteiger partial charge in [-0.2, -0.15) is 0 Å². The van der Waals surface area contributed by atoms with E-state index < -0.39 is 0 Å². The number of hydrogen-bond acceptors (Lipinski definition) is 7. The summed E-state index contributed by atoms with van der Waals surface area (Å²) in [6, 6.07) is 3.75. The van der Waals surface area contributed by atoms with Crippen molar-refractivity contribution in [3.8, 4) is 0 Å². The number of nitrogens with zero attached hydrogens (tertiary/aromatic N) is 3. The number of fused-ring (bicyclic) bond motifs is 2. The molecule has 1 amide bonds. The summed E-state index contributed by atoms with van der Waals surface area (Å²) in [5.41, 5.74) is 1.69. The first-order valence-corrected chi connectivity index (χ1v) is 8.67. The van der Waals surface area contributed by atoms with E-state index in [0.29, 0.717) is 38.8 Å². The van der Waals surface area contributed by atoms with Gasteiger partial charge in [0.25, 0.3) is 0 Å². The van der Waals surface area contributed by atoms with Crippen LogP contribution in [0.4, 0.5) is 5.95 Å². The second kappa shape index (κ2) is 7.05. The van der Waals surface area contributed by atoms with Gasteiger partial charge >= 0.3 is 0 Å². The second-order valence-corrected chi connectivity index (χ2v) is 6.77. The summed E-state index contributed by atoms with van der Waals surface area (Å²) < 4.78 is 16.1. The number of rotatable bonds is 5. The fraction of sp³-hybridized carbons (Fsp3) is 0.500. The number of likely N-dealkylation sites (tertiary alicyclic amines) is 1. The number of carbonyl (C=O) groups excluding carboxylic acids is 1. The summed E-state index contributed by atoms with van der Waals surface area (Å²) in [7, 11) is 1.53. The monoisotopic (exact) mass is 358 g/mol. The van der Waals surface area contributed by atoms with Crippen LogP contribution in [0.1, 0.15) is 23.4 Å². The molecule has 1 spiro atoms. The van der Waals surface area contributed by atoms with Crippen LogP contribution in [0.15, 0.2) is 29.0 Å². The predicted octanol–water partition coefficient (Wildman–Crippen LogP) is 1.33. The maximum absolute atomic E-state index is 12.2. The molecule has 2 aliphatic rings. The van der Waals surface area contributed by atoms with E-state index in [0.717, 1.165) is 23.4 Å². The van der Waals surface area contributed by atoms with Crippen LogP contribution in [0.2, 0.25) is 0 Å². The molecule has 0 radical (unpaired) electrons. The van der Waals surface area contributed by atoms with Crippen LogP contribution in [-0.4, -0.2) is 54.2 Å². The van der Waals surface area contributed by atoms with Crippen molar-refractivity contribution in [2.24, 2.45) is 0 Å². The number of aromatic nitrogens is 2. The minimum atomic E-state index is -0.277. The van der Waals surface area contributed by atoms with E-state index in [1.54, 1.807) is 6.26 Å². The van der Waals surface area contributed by atoms with E-state index in [4.69, 9.17) is 18.9 Å². The third-order valence-corrected chi connectivity index (χ3v) is 4.98. The van der Waals surface area contributed by atoms with E-state index in [-0.39, 0.29) is 17.9 Å². The fourth-order valence-electron chi connectivity index (χ4n) is 3.67. The molecule has 26 heavy (non-hydrogen) atoms. The molecule has 4 heterocycles.